The lowest BCUT2D eigenvalue weighted by Gasteiger charge is -2.09. The Hall–Kier alpha value is -0.260. The van der Waals surface area contributed by atoms with Crippen LogP contribution in [-0.4, -0.2) is 23.5 Å². The number of halogens is 1. The van der Waals surface area contributed by atoms with Gasteiger partial charge in [0.2, 0.25) is 0 Å². The molecule has 0 fully saturated rings. The fourth-order valence-corrected chi connectivity index (χ4v) is 2.72. The second-order valence-corrected chi connectivity index (χ2v) is 6.32. The number of nitrogens with two attached hydrogens (primary N) is 1. The summed E-state index contributed by atoms with van der Waals surface area (Å²) < 4.78 is 1.01. The van der Waals surface area contributed by atoms with Crippen LogP contribution >= 0.6 is 39.9 Å². The highest BCUT2D eigenvalue weighted by atomic mass is 79.9. The van der Waals surface area contributed by atoms with Crippen LogP contribution in [0.15, 0.2) is 22.7 Å². The van der Waals surface area contributed by atoms with Crippen molar-refractivity contribution in [3.05, 3.63) is 28.2 Å². The van der Waals surface area contributed by atoms with Crippen LogP contribution in [0.4, 0.5) is 5.69 Å². The molecule has 1 aromatic rings. The van der Waals surface area contributed by atoms with Gasteiger partial charge in [-0.05, 0) is 59.0 Å². The van der Waals surface area contributed by atoms with Crippen LogP contribution in [0, 0.1) is 0 Å². The van der Waals surface area contributed by atoms with Gasteiger partial charge in [0.15, 0.2) is 0 Å². The average molecular weight is 347 g/mol. The van der Waals surface area contributed by atoms with E-state index in [1.54, 1.807) is 0 Å². The maximum absolute atomic E-state index is 5.59. The molecule has 0 aliphatic rings. The first-order valence-corrected chi connectivity index (χ1v) is 8.57. The SMILES string of the molecule is CSCCCCCNc1ccc(C(N)=S)cc1Br. The first kappa shape index (κ1) is 15.8. The highest BCUT2D eigenvalue weighted by Crippen LogP contribution is 2.23. The number of benzene rings is 1. The summed E-state index contributed by atoms with van der Waals surface area (Å²) in [4.78, 5) is 0.430. The highest BCUT2D eigenvalue weighted by Gasteiger charge is 2.02. The van der Waals surface area contributed by atoms with Crippen molar-refractivity contribution >= 4 is 50.6 Å². The van der Waals surface area contributed by atoms with Crippen molar-refractivity contribution < 1.29 is 0 Å². The smallest absolute Gasteiger partial charge is 0.104 e. The van der Waals surface area contributed by atoms with Crippen LogP contribution in [-0.2, 0) is 0 Å². The second kappa shape index (κ2) is 8.77. The van der Waals surface area contributed by atoms with Gasteiger partial charge in [0.25, 0.3) is 0 Å². The monoisotopic (exact) mass is 346 g/mol. The van der Waals surface area contributed by atoms with Crippen molar-refractivity contribution in [2.45, 2.75) is 19.3 Å². The van der Waals surface area contributed by atoms with Crippen molar-refractivity contribution in [2.75, 3.05) is 23.9 Å². The predicted molar refractivity (Wildman–Crippen MR) is 90.8 cm³/mol. The van der Waals surface area contributed by atoms with E-state index in [0.29, 0.717) is 4.99 Å². The first-order chi connectivity index (χ1) is 8.65. The Morgan fingerprint density at radius 1 is 1.39 bits per heavy atom. The van der Waals surface area contributed by atoms with Gasteiger partial charge in [-0.15, -0.1) is 0 Å². The number of hydrogen-bond acceptors (Lipinski definition) is 3. The van der Waals surface area contributed by atoms with Crippen molar-refractivity contribution in [1.82, 2.24) is 0 Å². The van der Waals surface area contributed by atoms with Crippen LogP contribution in [0.3, 0.4) is 0 Å². The summed E-state index contributed by atoms with van der Waals surface area (Å²) in [5, 5.41) is 3.42. The predicted octanol–water partition coefficient (Wildman–Crippen LogP) is 4.03. The number of anilines is 1. The Morgan fingerprint density at radius 3 is 2.78 bits per heavy atom. The van der Waals surface area contributed by atoms with Crippen molar-refractivity contribution in [2.24, 2.45) is 5.73 Å². The number of thiocarbonyl (C=S) groups is 1. The number of thioether (sulfide) groups is 1. The molecule has 0 aliphatic heterocycles. The standard InChI is InChI=1S/C13H19BrN2S2/c1-18-8-4-2-3-7-16-12-6-5-10(13(15)17)9-11(12)14/h5-6,9,16H,2-4,7-8H2,1H3,(H2,15,17). The van der Waals surface area contributed by atoms with E-state index in [1.165, 1.54) is 25.0 Å². The lowest BCUT2D eigenvalue weighted by atomic mass is 10.2. The van der Waals surface area contributed by atoms with Crippen LogP contribution in [0.2, 0.25) is 0 Å². The van der Waals surface area contributed by atoms with Gasteiger partial charge in [-0.25, -0.2) is 0 Å². The summed E-state index contributed by atoms with van der Waals surface area (Å²) in [7, 11) is 0. The van der Waals surface area contributed by atoms with Gasteiger partial charge in [-0.2, -0.15) is 11.8 Å². The Bertz CT molecular complexity index is 397. The molecule has 18 heavy (non-hydrogen) atoms. The highest BCUT2D eigenvalue weighted by molar-refractivity contribution is 9.10. The van der Waals surface area contributed by atoms with Crippen LogP contribution in [0.25, 0.3) is 0 Å². The topological polar surface area (TPSA) is 38.0 Å². The molecular formula is C13H19BrN2S2. The van der Waals surface area contributed by atoms with Gasteiger partial charge >= 0.3 is 0 Å². The summed E-state index contributed by atoms with van der Waals surface area (Å²) >= 11 is 10.4. The van der Waals surface area contributed by atoms with E-state index in [4.69, 9.17) is 18.0 Å². The van der Waals surface area contributed by atoms with E-state index >= 15 is 0 Å². The third-order valence-electron chi connectivity index (χ3n) is 2.59. The molecule has 0 aromatic heterocycles. The minimum atomic E-state index is 0.430. The molecule has 1 rings (SSSR count). The van der Waals surface area contributed by atoms with E-state index < -0.39 is 0 Å². The maximum Gasteiger partial charge on any atom is 0.104 e. The van der Waals surface area contributed by atoms with Crippen molar-refractivity contribution in [3.63, 3.8) is 0 Å². The van der Waals surface area contributed by atoms with Crippen molar-refractivity contribution in [3.8, 4) is 0 Å². The fourth-order valence-electron chi connectivity index (χ4n) is 1.58. The number of unbranched alkanes of at least 4 members (excludes halogenated alkanes) is 2. The lowest BCUT2D eigenvalue weighted by molar-refractivity contribution is 0.749. The quantitative estimate of drug-likeness (QED) is 0.550. The Morgan fingerprint density at radius 2 is 2.17 bits per heavy atom. The molecule has 5 heteroatoms. The summed E-state index contributed by atoms with van der Waals surface area (Å²) in [6, 6.07) is 5.92. The third kappa shape index (κ3) is 5.59. The molecule has 0 amide bonds. The fraction of sp³-hybridized carbons (Fsp3) is 0.462. The van der Waals surface area contributed by atoms with E-state index in [9.17, 15) is 0 Å². The maximum atomic E-state index is 5.59. The van der Waals surface area contributed by atoms with Gasteiger partial charge < -0.3 is 11.1 Å². The van der Waals surface area contributed by atoms with Gasteiger partial charge in [-0.3, -0.25) is 0 Å². The zero-order chi connectivity index (χ0) is 13.4. The molecule has 1 aromatic carbocycles. The average Bonchev–Trinajstić information content (AvgIpc) is 2.35. The summed E-state index contributed by atoms with van der Waals surface area (Å²) in [6.07, 6.45) is 5.92. The summed E-state index contributed by atoms with van der Waals surface area (Å²) in [6.45, 7) is 0.999. The number of rotatable bonds is 8. The summed E-state index contributed by atoms with van der Waals surface area (Å²) in [5.74, 6) is 1.26. The van der Waals surface area contributed by atoms with Gasteiger partial charge in [0.05, 0.1) is 0 Å². The minimum absolute atomic E-state index is 0.430. The molecule has 0 atom stereocenters. The molecule has 2 nitrogen and oxygen atoms in total. The van der Waals surface area contributed by atoms with E-state index in [2.05, 4.69) is 27.5 Å². The number of nitrogens with one attached hydrogen (secondary N) is 1. The third-order valence-corrected chi connectivity index (χ3v) is 4.18. The normalized spacial score (nSPS) is 10.3. The molecule has 3 N–H and O–H groups in total. The van der Waals surface area contributed by atoms with E-state index in [0.717, 1.165) is 22.3 Å². The van der Waals surface area contributed by atoms with E-state index in [-0.39, 0.29) is 0 Å². The minimum Gasteiger partial charge on any atom is -0.389 e. The van der Waals surface area contributed by atoms with Gasteiger partial charge in [-0.1, -0.05) is 18.6 Å². The largest absolute Gasteiger partial charge is 0.389 e. The summed E-state index contributed by atoms with van der Waals surface area (Å²) in [5.41, 5.74) is 7.58. The molecule has 100 valence electrons. The van der Waals surface area contributed by atoms with Gasteiger partial charge in [0.1, 0.15) is 4.99 Å². The zero-order valence-corrected chi connectivity index (χ0v) is 13.8. The Kier molecular flexibility index (Phi) is 7.70. The Balaban J connectivity index is 2.36. The molecule has 0 saturated carbocycles. The van der Waals surface area contributed by atoms with Crippen molar-refractivity contribution in [1.29, 1.82) is 0 Å². The van der Waals surface area contributed by atoms with E-state index in [1.807, 2.05) is 30.0 Å². The lowest BCUT2D eigenvalue weighted by Crippen LogP contribution is -2.10. The molecule has 0 radical (unpaired) electrons. The van der Waals surface area contributed by atoms with Crippen LogP contribution < -0.4 is 11.1 Å². The molecule has 0 bridgehead atoms. The second-order valence-electron chi connectivity index (χ2n) is 4.04. The van der Waals surface area contributed by atoms with Crippen LogP contribution in [0.1, 0.15) is 24.8 Å². The van der Waals surface area contributed by atoms with Gasteiger partial charge in [0, 0.05) is 22.3 Å². The molecular weight excluding hydrogens is 328 g/mol. The molecule has 0 aliphatic carbocycles. The Labute approximate surface area is 127 Å². The molecule has 0 spiro atoms. The molecule has 0 saturated heterocycles. The molecule has 0 heterocycles. The first-order valence-electron chi connectivity index (χ1n) is 5.97. The zero-order valence-electron chi connectivity index (χ0n) is 10.5. The van der Waals surface area contributed by atoms with Crippen LogP contribution in [0.5, 0.6) is 0 Å². The number of hydrogen-bond donors (Lipinski definition) is 2. The molecule has 0 unspecified atom stereocenters.